The Morgan fingerprint density at radius 1 is 1.33 bits per heavy atom. The molecule has 0 saturated heterocycles. The summed E-state index contributed by atoms with van der Waals surface area (Å²) in [6.07, 6.45) is 4.83. The van der Waals surface area contributed by atoms with E-state index in [1.54, 1.807) is 0 Å². The Kier molecular flexibility index (Phi) is 5.68. The molecular weight excluding hydrogens is 298 g/mol. The smallest absolute Gasteiger partial charge is 0.225 e. The molecule has 0 radical (unpaired) electrons. The van der Waals surface area contributed by atoms with Crippen molar-refractivity contribution in [1.29, 1.82) is 0 Å². The maximum Gasteiger partial charge on any atom is 0.225 e. The number of nitrogens with zero attached hydrogens (tertiary/aromatic N) is 2. The van der Waals surface area contributed by atoms with Crippen molar-refractivity contribution in [2.45, 2.75) is 72.8 Å². The number of carbonyl (C=O) groups is 1. The molecule has 0 aliphatic heterocycles. The summed E-state index contributed by atoms with van der Waals surface area (Å²) < 4.78 is 0. The quantitative estimate of drug-likeness (QED) is 0.837. The number of amides is 1. The Labute approximate surface area is 146 Å². The summed E-state index contributed by atoms with van der Waals surface area (Å²) in [6.45, 7) is 14.6. The topological polar surface area (TPSA) is 45.2 Å². The van der Waals surface area contributed by atoms with Gasteiger partial charge in [-0.1, -0.05) is 33.4 Å². The van der Waals surface area contributed by atoms with Gasteiger partial charge in [-0.05, 0) is 56.6 Å². The van der Waals surface area contributed by atoms with E-state index in [-0.39, 0.29) is 11.3 Å². The van der Waals surface area contributed by atoms with E-state index >= 15 is 0 Å². The van der Waals surface area contributed by atoms with Gasteiger partial charge in [0, 0.05) is 18.2 Å². The van der Waals surface area contributed by atoms with E-state index in [1.807, 2.05) is 13.0 Å². The van der Waals surface area contributed by atoms with Crippen LogP contribution < -0.4 is 10.2 Å². The van der Waals surface area contributed by atoms with Crippen LogP contribution >= 0.6 is 0 Å². The van der Waals surface area contributed by atoms with Crippen molar-refractivity contribution in [3.8, 4) is 0 Å². The van der Waals surface area contributed by atoms with Gasteiger partial charge in [-0.15, -0.1) is 0 Å². The second-order valence-electron chi connectivity index (χ2n) is 8.10. The molecular formula is C20H31N3O. The number of anilines is 1. The normalized spacial score (nSPS) is 14.9. The maximum absolute atomic E-state index is 12.3. The van der Waals surface area contributed by atoms with Crippen molar-refractivity contribution in [2.24, 2.45) is 5.41 Å². The largest absolute Gasteiger partial charge is 0.313 e. The summed E-state index contributed by atoms with van der Waals surface area (Å²) in [7, 11) is 0. The average molecular weight is 329 g/mol. The van der Waals surface area contributed by atoms with E-state index in [0.29, 0.717) is 18.3 Å². The maximum atomic E-state index is 12.3. The molecule has 1 amide bonds. The molecule has 0 atom stereocenters. The van der Waals surface area contributed by atoms with Gasteiger partial charge in [0.1, 0.15) is 11.6 Å². The molecule has 0 bridgehead atoms. The molecule has 1 aliphatic carbocycles. The van der Waals surface area contributed by atoms with Crippen LogP contribution in [0.15, 0.2) is 24.5 Å². The van der Waals surface area contributed by atoms with Crippen molar-refractivity contribution >= 4 is 11.7 Å². The highest BCUT2D eigenvalue weighted by Crippen LogP contribution is 2.32. The molecule has 1 aliphatic rings. The van der Waals surface area contributed by atoms with Crippen molar-refractivity contribution < 1.29 is 4.79 Å². The first-order valence-corrected chi connectivity index (χ1v) is 8.89. The number of hydrogen-bond acceptors (Lipinski definition) is 3. The van der Waals surface area contributed by atoms with E-state index in [4.69, 9.17) is 4.98 Å². The third-order valence-corrected chi connectivity index (χ3v) is 4.55. The molecule has 1 fully saturated rings. The average Bonchev–Trinajstić information content (AvgIpc) is 2.42. The molecule has 0 spiro atoms. The van der Waals surface area contributed by atoms with Crippen molar-refractivity contribution in [3.05, 3.63) is 35.8 Å². The summed E-state index contributed by atoms with van der Waals surface area (Å²) in [5.74, 6) is 1.60. The van der Waals surface area contributed by atoms with Gasteiger partial charge >= 0.3 is 0 Å². The highest BCUT2D eigenvalue weighted by Gasteiger charge is 2.29. The number of aromatic nitrogens is 1. The Balaban J connectivity index is 2.12. The lowest BCUT2D eigenvalue weighted by Gasteiger charge is -2.40. The Hall–Kier alpha value is -1.84. The first kappa shape index (κ1) is 18.5. The fourth-order valence-corrected chi connectivity index (χ4v) is 2.79. The molecule has 1 N–H and O–H groups in total. The van der Waals surface area contributed by atoms with Crippen molar-refractivity contribution in [3.63, 3.8) is 0 Å². The number of aryl methyl sites for hydroxylation is 2. The van der Waals surface area contributed by atoms with E-state index in [1.165, 1.54) is 6.42 Å². The lowest BCUT2D eigenvalue weighted by atomic mass is 9.90. The summed E-state index contributed by atoms with van der Waals surface area (Å²) in [4.78, 5) is 19.1. The second-order valence-corrected chi connectivity index (χ2v) is 8.10. The van der Waals surface area contributed by atoms with Crippen LogP contribution in [0, 0.1) is 19.3 Å². The molecule has 0 unspecified atom stereocenters. The lowest BCUT2D eigenvalue weighted by Crippen LogP contribution is -2.45. The van der Waals surface area contributed by atoms with Gasteiger partial charge in [-0.3, -0.25) is 4.79 Å². The first-order chi connectivity index (χ1) is 11.2. The third kappa shape index (κ3) is 4.83. The fourth-order valence-electron chi connectivity index (χ4n) is 2.79. The van der Waals surface area contributed by atoms with Gasteiger partial charge in [0.2, 0.25) is 5.91 Å². The predicted molar refractivity (Wildman–Crippen MR) is 99.8 cm³/mol. The molecule has 1 saturated carbocycles. The Morgan fingerprint density at radius 3 is 2.54 bits per heavy atom. The monoisotopic (exact) mass is 329 g/mol. The van der Waals surface area contributed by atoms with Gasteiger partial charge in [0.25, 0.3) is 0 Å². The highest BCUT2D eigenvalue weighted by atomic mass is 16.1. The van der Waals surface area contributed by atoms with Crippen LogP contribution in [0.1, 0.15) is 64.1 Å². The lowest BCUT2D eigenvalue weighted by molar-refractivity contribution is -0.120. The van der Waals surface area contributed by atoms with Crippen LogP contribution in [0.3, 0.4) is 0 Å². The van der Waals surface area contributed by atoms with Crippen LogP contribution in [0.2, 0.25) is 0 Å². The van der Waals surface area contributed by atoms with Crippen molar-refractivity contribution in [2.75, 3.05) is 4.90 Å². The highest BCUT2D eigenvalue weighted by molar-refractivity contribution is 5.78. The molecule has 132 valence electrons. The minimum Gasteiger partial charge on any atom is -0.313 e. The van der Waals surface area contributed by atoms with E-state index in [9.17, 15) is 4.79 Å². The molecule has 4 heteroatoms. The SMILES string of the molecule is C=C(NC(=O)CCC(C)(C)C)N(c1nc(C)ccc1C)C1CCC1. The zero-order valence-corrected chi connectivity index (χ0v) is 15.8. The van der Waals surface area contributed by atoms with Crippen molar-refractivity contribution in [1.82, 2.24) is 10.3 Å². The number of nitrogens with one attached hydrogen (secondary N) is 1. The van der Waals surface area contributed by atoms with Gasteiger partial charge in [0.15, 0.2) is 0 Å². The number of hydrogen-bond donors (Lipinski definition) is 1. The predicted octanol–water partition coefficient (Wildman–Crippen LogP) is 4.47. The second kappa shape index (κ2) is 7.37. The summed E-state index contributed by atoms with van der Waals surface area (Å²) in [6, 6.07) is 4.48. The molecule has 1 heterocycles. The number of rotatable bonds is 6. The van der Waals surface area contributed by atoms with Gasteiger partial charge in [-0.25, -0.2) is 4.98 Å². The third-order valence-electron chi connectivity index (χ3n) is 4.55. The molecule has 1 aromatic rings. The zero-order chi connectivity index (χ0) is 17.9. The summed E-state index contributed by atoms with van der Waals surface area (Å²) >= 11 is 0. The summed E-state index contributed by atoms with van der Waals surface area (Å²) in [5, 5.41) is 3.00. The molecule has 0 aromatic carbocycles. The van der Waals surface area contributed by atoms with Crippen LogP contribution in [-0.4, -0.2) is 16.9 Å². The van der Waals surface area contributed by atoms with Crippen LogP contribution in [0.4, 0.5) is 5.82 Å². The number of pyridine rings is 1. The Bertz CT molecular complexity index is 612. The van der Waals surface area contributed by atoms with Crippen LogP contribution in [0.25, 0.3) is 0 Å². The zero-order valence-electron chi connectivity index (χ0n) is 15.8. The van der Waals surface area contributed by atoms with Gasteiger partial charge < -0.3 is 10.2 Å². The van der Waals surface area contributed by atoms with E-state index in [2.05, 4.69) is 50.6 Å². The van der Waals surface area contributed by atoms with Gasteiger partial charge in [-0.2, -0.15) is 0 Å². The van der Waals surface area contributed by atoms with E-state index in [0.717, 1.165) is 36.3 Å². The first-order valence-electron chi connectivity index (χ1n) is 8.89. The van der Waals surface area contributed by atoms with Crippen LogP contribution in [-0.2, 0) is 4.79 Å². The fraction of sp³-hybridized carbons (Fsp3) is 0.600. The van der Waals surface area contributed by atoms with Gasteiger partial charge in [0.05, 0.1) is 0 Å². The van der Waals surface area contributed by atoms with Crippen LogP contribution in [0.5, 0.6) is 0 Å². The molecule has 1 aromatic heterocycles. The summed E-state index contributed by atoms with van der Waals surface area (Å²) in [5.41, 5.74) is 2.24. The minimum absolute atomic E-state index is 0.0320. The number of carbonyl (C=O) groups excluding carboxylic acids is 1. The molecule has 24 heavy (non-hydrogen) atoms. The molecule has 2 rings (SSSR count). The Morgan fingerprint density at radius 2 is 2.00 bits per heavy atom. The molecule has 4 nitrogen and oxygen atoms in total. The minimum atomic E-state index is 0.0320. The van der Waals surface area contributed by atoms with E-state index < -0.39 is 0 Å². The standard InChI is InChI=1S/C20H31N3O/c1-14-10-11-15(2)21-19(14)23(17-8-7-9-17)16(3)22-18(24)12-13-20(4,5)6/h10-11,17H,3,7-9,12-13H2,1-2,4-6H3,(H,22,24).